The number of nitrogens with two attached hydrogens (primary N) is 1. The van der Waals surface area contributed by atoms with Crippen molar-refractivity contribution in [3.05, 3.63) is 34.3 Å². The van der Waals surface area contributed by atoms with Crippen molar-refractivity contribution in [2.75, 3.05) is 5.75 Å². The summed E-state index contributed by atoms with van der Waals surface area (Å²) in [5.74, 6) is -1.08. The van der Waals surface area contributed by atoms with Gasteiger partial charge >= 0.3 is 0 Å². The van der Waals surface area contributed by atoms with E-state index in [0.717, 1.165) is 24.1 Å². The van der Waals surface area contributed by atoms with Crippen LogP contribution in [0.25, 0.3) is 11.0 Å². The number of thiazole rings is 1. The fourth-order valence-electron chi connectivity index (χ4n) is 2.90. The molecule has 1 aromatic carbocycles. The molecule has 2 N–H and O–H groups in total. The number of imidazole rings is 1. The number of sulfonamides is 1. The number of carbonyl (C=O) groups excluding carboxylic acids is 1. The first-order chi connectivity index (χ1) is 14.2. The lowest BCUT2D eigenvalue weighted by atomic mass is 10.1. The number of Topliss-reactive ketones (excluding diaryl/α,β-unsaturated/α-hetero) is 1. The molecule has 158 valence electrons. The largest absolute Gasteiger partial charge is 0.319 e. The topological polar surface area (TPSA) is 132 Å². The molecule has 0 aliphatic heterocycles. The lowest BCUT2D eigenvalue weighted by Gasteiger charge is -2.09. The summed E-state index contributed by atoms with van der Waals surface area (Å²) in [4.78, 5) is 21.5. The van der Waals surface area contributed by atoms with Gasteiger partial charge in [0.15, 0.2) is 16.9 Å². The van der Waals surface area contributed by atoms with Crippen molar-refractivity contribution in [3.8, 4) is 6.07 Å². The molecule has 0 aliphatic rings. The second kappa shape index (κ2) is 9.26. The van der Waals surface area contributed by atoms with E-state index in [9.17, 15) is 18.5 Å². The summed E-state index contributed by atoms with van der Waals surface area (Å²) in [7, 11) is -3.84. The van der Waals surface area contributed by atoms with Crippen molar-refractivity contribution in [2.24, 2.45) is 5.14 Å². The van der Waals surface area contributed by atoms with Gasteiger partial charge in [0.1, 0.15) is 5.01 Å². The van der Waals surface area contributed by atoms with Crippen LogP contribution in [-0.2, 0) is 21.4 Å². The number of hydrogen-bond donors (Lipinski definition) is 1. The van der Waals surface area contributed by atoms with Gasteiger partial charge in [0.05, 0.1) is 27.8 Å². The summed E-state index contributed by atoms with van der Waals surface area (Å²) in [5, 5.41) is 17.6. The van der Waals surface area contributed by atoms with E-state index in [0.29, 0.717) is 22.2 Å². The first-order valence-corrected chi connectivity index (χ1v) is 12.7. The Balaban J connectivity index is 1.88. The van der Waals surface area contributed by atoms with Crippen molar-refractivity contribution in [3.63, 3.8) is 0 Å². The van der Waals surface area contributed by atoms with Gasteiger partial charge in [0, 0.05) is 17.6 Å². The normalized spacial score (nSPS) is 12.7. The first kappa shape index (κ1) is 22.4. The number of primary sulfonamides is 1. The predicted octanol–water partition coefficient (Wildman–Crippen LogP) is 3.22. The minimum Gasteiger partial charge on any atom is -0.319 e. The van der Waals surface area contributed by atoms with Crippen LogP contribution in [0.4, 0.5) is 0 Å². The molecule has 0 spiro atoms. The van der Waals surface area contributed by atoms with Crippen LogP contribution in [0.5, 0.6) is 0 Å². The Kier molecular flexibility index (Phi) is 6.92. The Labute approximate surface area is 183 Å². The molecule has 3 rings (SSSR count). The molecule has 0 radical (unpaired) electrons. The highest BCUT2D eigenvalue weighted by Crippen LogP contribution is 2.29. The number of thioether (sulfide) groups is 1. The van der Waals surface area contributed by atoms with Gasteiger partial charge in [-0.15, -0.1) is 11.3 Å². The fraction of sp³-hybridized carbons (Fsp3) is 0.368. The van der Waals surface area contributed by atoms with Gasteiger partial charge in [0.2, 0.25) is 10.0 Å². The van der Waals surface area contributed by atoms with Crippen LogP contribution in [0.1, 0.15) is 36.4 Å². The molecule has 1 atom stereocenters. The van der Waals surface area contributed by atoms with Crippen molar-refractivity contribution in [2.45, 2.75) is 49.2 Å². The standard InChI is InChI=1S/C19H21N5O3S3/c1-3-4-7-24-16-6-5-13(30(21,26)27)8-15(16)23-19(24)29-11-17(25)14(9-20)18-22-12(2)10-28-18/h5-6,8,10,14H,3-4,7,11H2,1-2H3,(H2,21,26,27). The summed E-state index contributed by atoms with van der Waals surface area (Å²) < 4.78 is 25.3. The Morgan fingerprint density at radius 3 is 2.77 bits per heavy atom. The molecule has 0 bridgehead atoms. The molecule has 0 aliphatic carbocycles. The molecule has 2 aromatic heterocycles. The monoisotopic (exact) mass is 463 g/mol. The molecule has 2 heterocycles. The van der Waals surface area contributed by atoms with E-state index in [1.54, 1.807) is 6.07 Å². The van der Waals surface area contributed by atoms with Crippen molar-refractivity contribution < 1.29 is 13.2 Å². The van der Waals surface area contributed by atoms with Gasteiger partial charge in [0.25, 0.3) is 0 Å². The third-order valence-corrected chi connectivity index (χ3v) is 7.36. The van der Waals surface area contributed by atoms with E-state index < -0.39 is 15.9 Å². The number of aromatic nitrogens is 3. The number of rotatable bonds is 9. The summed E-state index contributed by atoms with van der Waals surface area (Å²) >= 11 is 2.54. The fourth-order valence-corrected chi connectivity index (χ4v) is 5.24. The number of aryl methyl sites for hydroxylation is 2. The summed E-state index contributed by atoms with van der Waals surface area (Å²) in [6.07, 6.45) is 1.88. The Bertz CT molecular complexity index is 1220. The zero-order valence-corrected chi connectivity index (χ0v) is 19.0. The third-order valence-electron chi connectivity index (χ3n) is 4.43. The first-order valence-electron chi connectivity index (χ1n) is 9.24. The zero-order valence-electron chi connectivity index (χ0n) is 16.5. The van der Waals surface area contributed by atoms with Crippen LogP contribution in [-0.4, -0.2) is 34.5 Å². The lowest BCUT2D eigenvalue weighted by Crippen LogP contribution is -2.14. The van der Waals surface area contributed by atoms with Gasteiger partial charge in [-0.1, -0.05) is 25.1 Å². The molecule has 1 unspecified atom stereocenters. The van der Waals surface area contributed by atoms with E-state index in [1.165, 1.54) is 35.2 Å². The third kappa shape index (κ3) is 4.89. The predicted molar refractivity (Wildman–Crippen MR) is 117 cm³/mol. The second-order valence-electron chi connectivity index (χ2n) is 6.74. The summed E-state index contributed by atoms with van der Waals surface area (Å²) in [6.45, 7) is 4.58. The maximum Gasteiger partial charge on any atom is 0.238 e. The van der Waals surface area contributed by atoms with Gasteiger partial charge in [-0.2, -0.15) is 5.26 Å². The molecule has 11 heteroatoms. The van der Waals surface area contributed by atoms with Crippen molar-refractivity contribution in [1.82, 2.24) is 14.5 Å². The molecule has 3 aromatic rings. The average molecular weight is 464 g/mol. The van der Waals surface area contributed by atoms with E-state index >= 15 is 0 Å². The number of nitrogens with zero attached hydrogens (tertiary/aromatic N) is 4. The van der Waals surface area contributed by atoms with E-state index in [4.69, 9.17) is 5.14 Å². The average Bonchev–Trinajstić information content (AvgIpc) is 3.27. The molecule has 0 saturated heterocycles. The van der Waals surface area contributed by atoms with Gasteiger partial charge in [-0.25, -0.2) is 23.5 Å². The smallest absolute Gasteiger partial charge is 0.238 e. The van der Waals surface area contributed by atoms with Crippen molar-refractivity contribution >= 4 is 49.9 Å². The molecular weight excluding hydrogens is 442 g/mol. The van der Waals surface area contributed by atoms with Crippen LogP contribution in [0.15, 0.2) is 33.6 Å². The number of carbonyl (C=O) groups is 1. The second-order valence-corrected chi connectivity index (χ2v) is 10.1. The van der Waals surface area contributed by atoms with Gasteiger partial charge in [-0.05, 0) is 31.5 Å². The van der Waals surface area contributed by atoms with Crippen LogP contribution in [0.2, 0.25) is 0 Å². The highest BCUT2D eigenvalue weighted by Gasteiger charge is 2.24. The van der Waals surface area contributed by atoms with Gasteiger partial charge < -0.3 is 4.57 Å². The number of hydrogen-bond acceptors (Lipinski definition) is 8. The maximum atomic E-state index is 12.7. The molecule has 8 nitrogen and oxygen atoms in total. The van der Waals surface area contributed by atoms with E-state index in [-0.39, 0.29) is 16.4 Å². The number of ketones is 1. The van der Waals surface area contributed by atoms with Crippen LogP contribution in [0.3, 0.4) is 0 Å². The highest BCUT2D eigenvalue weighted by atomic mass is 32.2. The summed E-state index contributed by atoms with van der Waals surface area (Å²) in [6, 6.07) is 6.62. The molecule has 0 saturated carbocycles. The number of nitriles is 1. The number of benzene rings is 1. The number of unbranched alkanes of at least 4 members (excludes halogenated alkanes) is 1. The van der Waals surface area contributed by atoms with E-state index in [2.05, 4.69) is 16.9 Å². The zero-order chi connectivity index (χ0) is 21.9. The SMILES string of the molecule is CCCCn1c(SCC(=O)C(C#N)c2nc(C)cs2)nc2cc(S(N)(=O)=O)ccc21. The Morgan fingerprint density at radius 1 is 1.40 bits per heavy atom. The van der Waals surface area contributed by atoms with Gasteiger partial charge in [-0.3, -0.25) is 4.79 Å². The molecule has 0 fully saturated rings. The Morgan fingerprint density at radius 2 is 2.17 bits per heavy atom. The summed E-state index contributed by atoms with van der Waals surface area (Å²) in [5.41, 5.74) is 2.06. The molecule has 0 amide bonds. The van der Waals surface area contributed by atoms with Crippen molar-refractivity contribution in [1.29, 1.82) is 5.26 Å². The Hall–Kier alpha value is -2.26. The molecule has 30 heavy (non-hydrogen) atoms. The maximum absolute atomic E-state index is 12.7. The number of fused-ring (bicyclic) bond motifs is 1. The van der Waals surface area contributed by atoms with Crippen LogP contribution < -0.4 is 5.14 Å². The van der Waals surface area contributed by atoms with E-state index in [1.807, 2.05) is 22.9 Å². The lowest BCUT2D eigenvalue weighted by molar-refractivity contribution is -0.116. The van der Waals surface area contributed by atoms with Crippen LogP contribution in [0, 0.1) is 18.3 Å². The minimum atomic E-state index is -3.84. The van der Waals surface area contributed by atoms with Crippen LogP contribution >= 0.6 is 23.1 Å². The molecular formula is C19H21N5O3S3. The minimum absolute atomic E-state index is 0.00791. The highest BCUT2D eigenvalue weighted by molar-refractivity contribution is 7.99. The quantitative estimate of drug-likeness (QED) is 0.482.